The standard InChI is InChI=1S/C14H18FNO2/c1-8-7-12(9(2)16-8)10-5-4-6-11(13(10)15)14(17)18-3/h4-6,8-9,12,16H,7H2,1-3H3. The number of carbonyl (C=O) groups excluding carboxylic acids is 1. The second-order valence-electron chi connectivity index (χ2n) is 4.90. The monoisotopic (exact) mass is 251 g/mol. The molecule has 2 rings (SSSR count). The van der Waals surface area contributed by atoms with E-state index in [1.165, 1.54) is 13.2 Å². The van der Waals surface area contributed by atoms with Crippen LogP contribution in [-0.4, -0.2) is 25.2 Å². The lowest BCUT2D eigenvalue weighted by Gasteiger charge is -2.17. The number of benzene rings is 1. The van der Waals surface area contributed by atoms with E-state index in [4.69, 9.17) is 0 Å². The molecule has 1 fully saturated rings. The van der Waals surface area contributed by atoms with Gasteiger partial charge in [-0.05, 0) is 31.9 Å². The fourth-order valence-electron chi connectivity index (χ4n) is 2.72. The topological polar surface area (TPSA) is 38.3 Å². The minimum atomic E-state index is -0.624. The Hall–Kier alpha value is -1.42. The van der Waals surface area contributed by atoms with Crippen LogP contribution in [0, 0.1) is 5.82 Å². The van der Waals surface area contributed by atoms with Crippen LogP contribution in [0.2, 0.25) is 0 Å². The molecule has 0 aromatic heterocycles. The molecular formula is C14H18FNO2. The zero-order chi connectivity index (χ0) is 13.3. The Labute approximate surface area is 106 Å². The van der Waals surface area contributed by atoms with Crippen molar-refractivity contribution >= 4 is 5.97 Å². The first kappa shape index (κ1) is 13.0. The summed E-state index contributed by atoms with van der Waals surface area (Å²) in [6.45, 7) is 4.12. The highest BCUT2D eigenvalue weighted by molar-refractivity contribution is 5.89. The van der Waals surface area contributed by atoms with Crippen molar-refractivity contribution in [1.82, 2.24) is 5.32 Å². The number of carbonyl (C=O) groups is 1. The van der Waals surface area contributed by atoms with Crippen molar-refractivity contribution in [3.05, 3.63) is 35.1 Å². The van der Waals surface area contributed by atoms with Gasteiger partial charge in [0.05, 0.1) is 12.7 Å². The van der Waals surface area contributed by atoms with Gasteiger partial charge in [0.2, 0.25) is 0 Å². The molecule has 0 spiro atoms. The number of hydrogen-bond donors (Lipinski definition) is 1. The third-order valence-corrected chi connectivity index (χ3v) is 3.59. The van der Waals surface area contributed by atoms with E-state index in [1.54, 1.807) is 12.1 Å². The van der Waals surface area contributed by atoms with Crippen molar-refractivity contribution in [3.8, 4) is 0 Å². The molecule has 1 heterocycles. The van der Waals surface area contributed by atoms with Crippen molar-refractivity contribution in [1.29, 1.82) is 0 Å². The molecule has 3 atom stereocenters. The molecule has 4 heteroatoms. The van der Waals surface area contributed by atoms with Crippen molar-refractivity contribution in [2.24, 2.45) is 0 Å². The summed E-state index contributed by atoms with van der Waals surface area (Å²) in [6.07, 6.45) is 0.878. The van der Waals surface area contributed by atoms with E-state index in [1.807, 2.05) is 6.92 Å². The minimum absolute atomic E-state index is 0.0155. The van der Waals surface area contributed by atoms with Crippen LogP contribution in [0.15, 0.2) is 18.2 Å². The maximum Gasteiger partial charge on any atom is 0.340 e. The molecule has 3 unspecified atom stereocenters. The average Bonchev–Trinajstić information content (AvgIpc) is 2.68. The molecule has 1 aliphatic heterocycles. The summed E-state index contributed by atoms with van der Waals surface area (Å²) >= 11 is 0. The van der Waals surface area contributed by atoms with Crippen LogP contribution in [0.4, 0.5) is 4.39 Å². The maximum atomic E-state index is 14.3. The SMILES string of the molecule is COC(=O)c1cccc(C2CC(C)NC2C)c1F. The van der Waals surface area contributed by atoms with Crippen LogP contribution in [-0.2, 0) is 4.74 Å². The Morgan fingerprint density at radius 3 is 2.72 bits per heavy atom. The number of ether oxygens (including phenoxy) is 1. The van der Waals surface area contributed by atoms with Gasteiger partial charge < -0.3 is 10.1 Å². The van der Waals surface area contributed by atoms with Crippen molar-refractivity contribution in [2.45, 2.75) is 38.3 Å². The molecule has 1 N–H and O–H groups in total. The molecule has 3 nitrogen and oxygen atoms in total. The van der Waals surface area contributed by atoms with Gasteiger partial charge in [0.15, 0.2) is 0 Å². The molecule has 1 aliphatic rings. The van der Waals surface area contributed by atoms with Gasteiger partial charge in [-0.3, -0.25) is 0 Å². The highest BCUT2D eigenvalue weighted by Crippen LogP contribution is 2.33. The lowest BCUT2D eigenvalue weighted by atomic mass is 9.90. The normalized spacial score (nSPS) is 27.2. The molecule has 18 heavy (non-hydrogen) atoms. The number of nitrogens with one attached hydrogen (secondary N) is 1. The highest BCUT2D eigenvalue weighted by Gasteiger charge is 2.32. The quantitative estimate of drug-likeness (QED) is 0.821. The van der Waals surface area contributed by atoms with Gasteiger partial charge in [-0.1, -0.05) is 12.1 Å². The van der Waals surface area contributed by atoms with Crippen LogP contribution < -0.4 is 5.32 Å². The Morgan fingerprint density at radius 1 is 1.44 bits per heavy atom. The molecule has 1 aromatic rings. The van der Waals surface area contributed by atoms with E-state index in [0.29, 0.717) is 11.6 Å². The molecule has 0 aliphatic carbocycles. The molecule has 1 saturated heterocycles. The molecule has 0 radical (unpaired) electrons. The zero-order valence-electron chi connectivity index (χ0n) is 10.9. The van der Waals surface area contributed by atoms with Gasteiger partial charge in [-0.25, -0.2) is 9.18 Å². The van der Waals surface area contributed by atoms with Crippen LogP contribution in [0.5, 0.6) is 0 Å². The fraction of sp³-hybridized carbons (Fsp3) is 0.500. The summed E-state index contributed by atoms with van der Waals surface area (Å²) in [5.74, 6) is -0.970. The molecule has 0 bridgehead atoms. The van der Waals surface area contributed by atoms with Gasteiger partial charge in [0.25, 0.3) is 0 Å². The van der Waals surface area contributed by atoms with E-state index < -0.39 is 11.8 Å². The maximum absolute atomic E-state index is 14.3. The van der Waals surface area contributed by atoms with Crippen LogP contribution in [0.3, 0.4) is 0 Å². The first-order chi connectivity index (χ1) is 8.54. The summed E-state index contributed by atoms with van der Waals surface area (Å²) in [5.41, 5.74) is 0.615. The Bertz CT molecular complexity index is 461. The smallest absolute Gasteiger partial charge is 0.340 e. The predicted octanol–water partition coefficient (Wildman–Crippen LogP) is 2.47. The number of halogens is 1. The fourth-order valence-corrected chi connectivity index (χ4v) is 2.72. The van der Waals surface area contributed by atoms with Gasteiger partial charge >= 0.3 is 5.97 Å². The first-order valence-electron chi connectivity index (χ1n) is 6.17. The number of hydrogen-bond acceptors (Lipinski definition) is 3. The Kier molecular flexibility index (Phi) is 3.66. The van der Waals surface area contributed by atoms with Crippen molar-refractivity contribution < 1.29 is 13.9 Å². The largest absolute Gasteiger partial charge is 0.465 e. The molecular weight excluding hydrogens is 233 g/mol. The van der Waals surface area contributed by atoms with E-state index in [2.05, 4.69) is 17.0 Å². The first-order valence-corrected chi connectivity index (χ1v) is 6.17. The lowest BCUT2D eigenvalue weighted by molar-refractivity contribution is 0.0595. The lowest BCUT2D eigenvalue weighted by Crippen LogP contribution is -2.26. The second kappa shape index (κ2) is 5.06. The predicted molar refractivity (Wildman–Crippen MR) is 67.2 cm³/mol. The number of rotatable bonds is 2. The summed E-state index contributed by atoms with van der Waals surface area (Å²) < 4.78 is 18.9. The number of methoxy groups -OCH3 is 1. The van der Waals surface area contributed by atoms with E-state index in [9.17, 15) is 9.18 Å². The van der Waals surface area contributed by atoms with Gasteiger partial charge in [-0.2, -0.15) is 0 Å². The minimum Gasteiger partial charge on any atom is -0.465 e. The molecule has 0 saturated carbocycles. The molecule has 98 valence electrons. The van der Waals surface area contributed by atoms with E-state index >= 15 is 0 Å². The Morgan fingerprint density at radius 2 is 2.17 bits per heavy atom. The Balaban J connectivity index is 2.37. The number of esters is 1. The van der Waals surface area contributed by atoms with Gasteiger partial charge in [-0.15, -0.1) is 0 Å². The summed E-state index contributed by atoms with van der Waals surface area (Å²) in [7, 11) is 1.26. The van der Waals surface area contributed by atoms with Crippen LogP contribution in [0.1, 0.15) is 42.1 Å². The average molecular weight is 251 g/mol. The summed E-state index contributed by atoms with van der Waals surface area (Å²) in [5, 5.41) is 3.37. The second-order valence-corrected chi connectivity index (χ2v) is 4.90. The van der Waals surface area contributed by atoms with Crippen LogP contribution in [0.25, 0.3) is 0 Å². The third-order valence-electron chi connectivity index (χ3n) is 3.59. The van der Waals surface area contributed by atoms with Crippen LogP contribution >= 0.6 is 0 Å². The van der Waals surface area contributed by atoms with E-state index in [0.717, 1.165) is 6.42 Å². The molecule has 1 aromatic carbocycles. The van der Waals surface area contributed by atoms with Crippen molar-refractivity contribution in [3.63, 3.8) is 0 Å². The summed E-state index contributed by atoms with van der Waals surface area (Å²) in [6, 6.07) is 5.50. The molecule has 0 amide bonds. The third kappa shape index (κ3) is 2.25. The van der Waals surface area contributed by atoms with Gasteiger partial charge in [0, 0.05) is 18.0 Å². The highest BCUT2D eigenvalue weighted by atomic mass is 19.1. The zero-order valence-corrected chi connectivity index (χ0v) is 10.9. The van der Waals surface area contributed by atoms with Crippen molar-refractivity contribution in [2.75, 3.05) is 7.11 Å². The van der Waals surface area contributed by atoms with E-state index in [-0.39, 0.29) is 17.5 Å². The summed E-state index contributed by atoms with van der Waals surface area (Å²) in [4.78, 5) is 11.5. The van der Waals surface area contributed by atoms with Gasteiger partial charge in [0.1, 0.15) is 5.82 Å².